The van der Waals surface area contributed by atoms with Crippen LogP contribution in [0.15, 0.2) is 22.7 Å². The van der Waals surface area contributed by atoms with Crippen LogP contribution in [0.4, 0.5) is 5.69 Å². The van der Waals surface area contributed by atoms with E-state index < -0.39 is 10.0 Å². The van der Waals surface area contributed by atoms with Crippen molar-refractivity contribution in [2.24, 2.45) is 5.92 Å². The largest absolute Gasteiger partial charge is 0.283 e. The van der Waals surface area contributed by atoms with E-state index in [9.17, 15) is 8.42 Å². The third kappa shape index (κ3) is 4.80. The zero-order chi connectivity index (χ0) is 13.9. The highest BCUT2D eigenvalue weighted by molar-refractivity contribution is 9.10. The molecule has 0 atom stereocenters. The van der Waals surface area contributed by atoms with E-state index in [1.54, 1.807) is 6.07 Å². The lowest BCUT2D eigenvalue weighted by Gasteiger charge is -2.21. The molecule has 1 aromatic carbocycles. The fourth-order valence-corrected chi connectivity index (χ4v) is 4.80. The summed E-state index contributed by atoms with van der Waals surface area (Å²) in [6.45, 7) is 1.95. The summed E-state index contributed by atoms with van der Waals surface area (Å²) in [6, 6.07) is 5.60. The predicted octanol–water partition coefficient (Wildman–Crippen LogP) is 4.08. The second kappa shape index (κ2) is 6.27. The Kier molecular flexibility index (Phi) is 4.90. The van der Waals surface area contributed by atoms with Gasteiger partial charge in [0.2, 0.25) is 10.0 Å². The quantitative estimate of drug-likeness (QED) is 0.893. The van der Waals surface area contributed by atoms with Crippen molar-refractivity contribution < 1.29 is 8.42 Å². The Morgan fingerprint density at radius 3 is 2.53 bits per heavy atom. The molecule has 0 amide bonds. The summed E-state index contributed by atoms with van der Waals surface area (Å²) in [7, 11) is -3.24. The standard InChI is InChI=1S/C14H20BrNO2S/c1-11-7-13(15)9-14(8-11)16-19(17,18)10-12-5-3-2-4-6-12/h7-9,12,16H,2-6,10H2,1H3. The van der Waals surface area contributed by atoms with Crippen molar-refractivity contribution in [2.45, 2.75) is 39.0 Å². The van der Waals surface area contributed by atoms with Gasteiger partial charge in [0.25, 0.3) is 0 Å². The lowest BCUT2D eigenvalue weighted by molar-refractivity contribution is 0.385. The van der Waals surface area contributed by atoms with E-state index in [4.69, 9.17) is 0 Å². The maximum Gasteiger partial charge on any atom is 0.232 e. The zero-order valence-electron chi connectivity index (χ0n) is 11.2. The van der Waals surface area contributed by atoms with E-state index >= 15 is 0 Å². The molecule has 1 fully saturated rings. The molecular weight excluding hydrogens is 326 g/mol. The van der Waals surface area contributed by atoms with E-state index in [1.807, 2.05) is 19.1 Å². The average molecular weight is 346 g/mol. The Bertz CT molecular complexity index is 516. The molecule has 106 valence electrons. The SMILES string of the molecule is Cc1cc(Br)cc(NS(=O)(=O)CC2CCCCC2)c1. The Morgan fingerprint density at radius 2 is 1.89 bits per heavy atom. The molecule has 1 aliphatic carbocycles. The van der Waals surface area contributed by atoms with Crippen molar-refractivity contribution in [1.82, 2.24) is 0 Å². The summed E-state index contributed by atoms with van der Waals surface area (Å²) >= 11 is 3.38. The van der Waals surface area contributed by atoms with Gasteiger partial charge in [-0.3, -0.25) is 4.72 Å². The second-order valence-corrected chi connectivity index (χ2v) is 8.09. The Balaban J connectivity index is 2.03. The number of aryl methyl sites for hydroxylation is 1. The predicted molar refractivity (Wildman–Crippen MR) is 82.9 cm³/mol. The molecule has 0 saturated heterocycles. The van der Waals surface area contributed by atoms with E-state index in [1.165, 1.54) is 6.42 Å². The second-order valence-electron chi connectivity index (χ2n) is 5.40. The molecule has 2 rings (SSSR count). The molecular formula is C14H20BrNO2S. The first kappa shape index (κ1) is 14.9. The maximum atomic E-state index is 12.2. The molecule has 1 aromatic rings. The van der Waals surface area contributed by atoms with Gasteiger partial charge >= 0.3 is 0 Å². The highest BCUT2D eigenvalue weighted by Crippen LogP contribution is 2.26. The molecule has 0 heterocycles. The summed E-state index contributed by atoms with van der Waals surface area (Å²) in [5.74, 6) is 0.568. The zero-order valence-corrected chi connectivity index (χ0v) is 13.6. The van der Waals surface area contributed by atoms with E-state index in [-0.39, 0.29) is 5.75 Å². The molecule has 0 aromatic heterocycles. The van der Waals surface area contributed by atoms with Crippen LogP contribution in [0.25, 0.3) is 0 Å². The van der Waals surface area contributed by atoms with Crippen LogP contribution in [0, 0.1) is 12.8 Å². The van der Waals surface area contributed by atoms with E-state index in [0.29, 0.717) is 11.6 Å². The average Bonchev–Trinajstić information content (AvgIpc) is 2.27. The summed E-state index contributed by atoms with van der Waals surface area (Å²) < 4.78 is 27.9. The van der Waals surface area contributed by atoms with Crippen molar-refractivity contribution in [1.29, 1.82) is 0 Å². The van der Waals surface area contributed by atoms with E-state index in [0.717, 1.165) is 35.7 Å². The van der Waals surface area contributed by atoms with Gasteiger partial charge in [0.15, 0.2) is 0 Å². The molecule has 1 saturated carbocycles. The highest BCUT2D eigenvalue weighted by atomic mass is 79.9. The van der Waals surface area contributed by atoms with Crippen molar-refractivity contribution >= 4 is 31.6 Å². The van der Waals surface area contributed by atoms with Gasteiger partial charge in [-0.2, -0.15) is 0 Å². The third-order valence-corrected chi connectivity index (χ3v) is 5.41. The third-order valence-electron chi connectivity index (χ3n) is 3.50. The van der Waals surface area contributed by atoms with Crippen LogP contribution in [0.3, 0.4) is 0 Å². The van der Waals surface area contributed by atoms with Gasteiger partial charge in [-0.15, -0.1) is 0 Å². The molecule has 0 bridgehead atoms. The van der Waals surface area contributed by atoms with Gasteiger partial charge in [-0.05, 0) is 49.4 Å². The molecule has 0 spiro atoms. The summed E-state index contributed by atoms with van der Waals surface area (Å²) in [4.78, 5) is 0. The summed E-state index contributed by atoms with van der Waals surface area (Å²) in [6.07, 6.45) is 5.65. The van der Waals surface area contributed by atoms with Crippen LogP contribution < -0.4 is 4.72 Å². The van der Waals surface area contributed by atoms with Crippen LogP contribution in [-0.4, -0.2) is 14.2 Å². The van der Waals surface area contributed by atoms with Crippen LogP contribution in [0.5, 0.6) is 0 Å². The van der Waals surface area contributed by atoms with E-state index in [2.05, 4.69) is 20.7 Å². The molecule has 1 aliphatic rings. The lowest BCUT2D eigenvalue weighted by Crippen LogP contribution is -2.24. The molecule has 5 heteroatoms. The molecule has 0 radical (unpaired) electrons. The number of anilines is 1. The molecule has 0 aliphatic heterocycles. The molecule has 19 heavy (non-hydrogen) atoms. The maximum absolute atomic E-state index is 12.2. The van der Waals surface area contributed by atoms with Gasteiger partial charge < -0.3 is 0 Å². The first-order valence-electron chi connectivity index (χ1n) is 6.72. The Morgan fingerprint density at radius 1 is 1.21 bits per heavy atom. The van der Waals surface area contributed by atoms with Crippen molar-refractivity contribution in [2.75, 3.05) is 10.5 Å². The van der Waals surface area contributed by atoms with Crippen molar-refractivity contribution in [3.8, 4) is 0 Å². The smallest absolute Gasteiger partial charge is 0.232 e. The van der Waals surface area contributed by atoms with Gasteiger partial charge in [0.1, 0.15) is 0 Å². The number of halogens is 1. The normalized spacial score (nSPS) is 17.4. The molecule has 3 nitrogen and oxygen atoms in total. The summed E-state index contributed by atoms with van der Waals surface area (Å²) in [5, 5.41) is 0. The fraction of sp³-hybridized carbons (Fsp3) is 0.571. The topological polar surface area (TPSA) is 46.2 Å². The first-order chi connectivity index (χ1) is 8.94. The Hall–Kier alpha value is -0.550. The highest BCUT2D eigenvalue weighted by Gasteiger charge is 2.21. The van der Waals surface area contributed by atoms with Crippen LogP contribution in [-0.2, 0) is 10.0 Å². The summed E-state index contributed by atoms with van der Waals surface area (Å²) in [5.41, 5.74) is 1.67. The minimum Gasteiger partial charge on any atom is -0.283 e. The monoisotopic (exact) mass is 345 g/mol. The first-order valence-corrected chi connectivity index (χ1v) is 9.17. The number of hydrogen-bond acceptors (Lipinski definition) is 2. The minimum absolute atomic E-state index is 0.249. The van der Waals surface area contributed by atoms with Crippen molar-refractivity contribution in [3.05, 3.63) is 28.2 Å². The van der Waals surface area contributed by atoms with Gasteiger partial charge in [-0.25, -0.2) is 8.42 Å². The molecule has 1 N–H and O–H groups in total. The number of nitrogens with one attached hydrogen (secondary N) is 1. The number of benzene rings is 1. The van der Waals surface area contributed by atoms with Gasteiger partial charge in [-0.1, -0.05) is 35.2 Å². The number of rotatable bonds is 4. The van der Waals surface area contributed by atoms with Gasteiger partial charge in [0.05, 0.1) is 5.75 Å². The number of sulfonamides is 1. The fourth-order valence-electron chi connectivity index (χ4n) is 2.68. The van der Waals surface area contributed by atoms with Crippen LogP contribution in [0.1, 0.15) is 37.7 Å². The lowest BCUT2D eigenvalue weighted by atomic mass is 9.91. The van der Waals surface area contributed by atoms with Crippen LogP contribution in [0.2, 0.25) is 0 Å². The Labute approximate surface area is 124 Å². The van der Waals surface area contributed by atoms with Crippen LogP contribution >= 0.6 is 15.9 Å². The molecule has 0 unspecified atom stereocenters. The van der Waals surface area contributed by atoms with Crippen molar-refractivity contribution in [3.63, 3.8) is 0 Å². The van der Waals surface area contributed by atoms with Gasteiger partial charge in [0, 0.05) is 10.2 Å². The minimum atomic E-state index is -3.24. The number of hydrogen-bond donors (Lipinski definition) is 1.